The summed E-state index contributed by atoms with van der Waals surface area (Å²) in [4.78, 5) is 11.8. The van der Waals surface area contributed by atoms with Gasteiger partial charge < -0.3 is 9.84 Å². The summed E-state index contributed by atoms with van der Waals surface area (Å²) in [5, 5.41) is 13.5. The number of halogens is 5. The Labute approximate surface area is 191 Å². The van der Waals surface area contributed by atoms with Crippen molar-refractivity contribution in [2.75, 3.05) is 4.72 Å². The Kier molecular flexibility index (Phi) is 5.59. The van der Waals surface area contributed by atoms with Crippen LogP contribution in [0.2, 0.25) is 5.02 Å². The third kappa shape index (κ3) is 3.91. The number of benzene rings is 2. The molecular weight excluding hydrogens is 543 g/mol. The SMILES string of the molecule is O=C1OCc2nn(C(F)F)cc2-c2cc(c(Cl)cc2F)NS(=O)(=O)c2cc1cc(Br)c2O. The lowest BCUT2D eigenvalue weighted by Gasteiger charge is -2.14. The Hall–Kier alpha value is -2.77. The predicted octanol–water partition coefficient (Wildman–Crippen LogP) is 4.68. The van der Waals surface area contributed by atoms with Crippen LogP contribution in [0.5, 0.6) is 5.75 Å². The van der Waals surface area contributed by atoms with Crippen molar-refractivity contribution in [3.8, 4) is 16.9 Å². The number of ether oxygens (including phenoxy) is 1. The summed E-state index contributed by atoms with van der Waals surface area (Å²) in [6, 6.07) is 3.75. The van der Waals surface area contributed by atoms with Crippen LogP contribution in [0.3, 0.4) is 0 Å². The molecule has 168 valence electrons. The molecule has 0 spiro atoms. The molecule has 2 heterocycles. The van der Waals surface area contributed by atoms with Crippen LogP contribution in [0.25, 0.3) is 11.1 Å². The maximum Gasteiger partial charge on any atom is 0.338 e. The first-order chi connectivity index (χ1) is 15.0. The van der Waals surface area contributed by atoms with Gasteiger partial charge in [0.15, 0.2) is 0 Å². The molecule has 3 aromatic rings. The van der Waals surface area contributed by atoms with Gasteiger partial charge in [0.25, 0.3) is 10.0 Å². The lowest BCUT2D eigenvalue weighted by atomic mass is 10.1. The number of cyclic esters (lactones) is 1. The molecule has 1 aliphatic rings. The first kappa shape index (κ1) is 22.4. The van der Waals surface area contributed by atoms with Crippen LogP contribution in [0.1, 0.15) is 22.6 Å². The number of sulfonamides is 1. The number of hydrogen-bond acceptors (Lipinski definition) is 6. The van der Waals surface area contributed by atoms with Gasteiger partial charge in [0.05, 0.1) is 20.7 Å². The minimum Gasteiger partial charge on any atom is -0.505 e. The molecule has 0 unspecified atom stereocenters. The summed E-state index contributed by atoms with van der Waals surface area (Å²) in [6.07, 6.45) is 0.834. The lowest BCUT2D eigenvalue weighted by Crippen LogP contribution is -2.15. The molecule has 0 amide bonds. The first-order valence-corrected chi connectivity index (χ1v) is 11.2. The highest BCUT2D eigenvalue weighted by atomic mass is 79.9. The molecular formula is C18H10BrClF3N3O5S. The summed E-state index contributed by atoms with van der Waals surface area (Å²) in [5.74, 6) is -2.69. The van der Waals surface area contributed by atoms with Gasteiger partial charge in [-0.05, 0) is 40.2 Å². The van der Waals surface area contributed by atoms with E-state index in [-0.39, 0.29) is 42.2 Å². The smallest absolute Gasteiger partial charge is 0.338 e. The van der Waals surface area contributed by atoms with Gasteiger partial charge in [-0.2, -0.15) is 13.9 Å². The van der Waals surface area contributed by atoms with Crippen molar-refractivity contribution in [3.63, 3.8) is 0 Å². The zero-order valence-corrected chi connectivity index (χ0v) is 18.6. The summed E-state index contributed by atoms with van der Waals surface area (Å²) < 4.78 is 74.2. The molecule has 1 aliphatic heterocycles. The topological polar surface area (TPSA) is 111 Å². The predicted molar refractivity (Wildman–Crippen MR) is 110 cm³/mol. The Morgan fingerprint density at radius 3 is 2.66 bits per heavy atom. The molecule has 0 fully saturated rings. The number of phenolic OH excluding ortho intramolecular Hbond substituents is 1. The van der Waals surface area contributed by atoms with Crippen molar-refractivity contribution in [3.05, 3.63) is 57.0 Å². The molecule has 14 heteroatoms. The lowest BCUT2D eigenvalue weighted by molar-refractivity contribution is 0.0446. The second kappa shape index (κ2) is 7.98. The van der Waals surface area contributed by atoms with E-state index in [1.165, 1.54) is 0 Å². The number of carbonyl (C=O) groups excluding carboxylic acids is 1. The minimum atomic E-state index is -4.54. The third-order valence-electron chi connectivity index (χ3n) is 4.49. The van der Waals surface area contributed by atoms with Crippen molar-refractivity contribution >= 4 is 49.2 Å². The fraction of sp³-hybridized carbons (Fsp3) is 0.111. The van der Waals surface area contributed by atoms with Gasteiger partial charge in [0.2, 0.25) is 0 Å². The van der Waals surface area contributed by atoms with E-state index in [0.717, 1.165) is 30.5 Å². The van der Waals surface area contributed by atoms with Crippen LogP contribution in [0.4, 0.5) is 18.9 Å². The monoisotopic (exact) mass is 551 g/mol. The van der Waals surface area contributed by atoms with Crippen LogP contribution in [0.15, 0.2) is 39.8 Å². The number of alkyl halides is 2. The quantitative estimate of drug-likeness (QED) is 0.424. The van der Waals surface area contributed by atoms with Gasteiger partial charge in [-0.15, -0.1) is 0 Å². The molecule has 0 saturated heterocycles. The number of aromatic nitrogens is 2. The fourth-order valence-corrected chi connectivity index (χ4v) is 5.07. The van der Waals surface area contributed by atoms with Crippen LogP contribution in [-0.2, 0) is 21.4 Å². The molecule has 1 aromatic heterocycles. The van der Waals surface area contributed by atoms with Crippen molar-refractivity contribution in [2.45, 2.75) is 18.1 Å². The molecule has 2 aromatic carbocycles. The summed E-state index contributed by atoms with van der Waals surface area (Å²) >= 11 is 8.96. The van der Waals surface area contributed by atoms with Gasteiger partial charge >= 0.3 is 12.5 Å². The number of phenols is 1. The van der Waals surface area contributed by atoms with E-state index < -0.39 is 45.6 Å². The maximum absolute atomic E-state index is 14.7. The van der Waals surface area contributed by atoms with Gasteiger partial charge in [0.1, 0.15) is 28.8 Å². The number of aromatic hydroxyl groups is 1. The van der Waals surface area contributed by atoms with Gasteiger partial charge in [-0.1, -0.05) is 11.6 Å². The van der Waals surface area contributed by atoms with Crippen molar-refractivity contribution in [1.29, 1.82) is 0 Å². The molecule has 0 saturated carbocycles. The third-order valence-corrected chi connectivity index (χ3v) is 6.79. The van der Waals surface area contributed by atoms with Crippen LogP contribution in [-0.4, -0.2) is 29.3 Å². The zero-order valence-electron chi connectivity index (χ0n) is 15.4. The Bertz CT molecular complexity index is 1380. The molecule has 4 rings (SSSR count). The number of carbonyl (C=O) groups is 1. The van der Waals surface area contributed by atoms with E-state index in [4.69, 9.17) is 16.3 Å². The van der Waals surface area contributed by atoms with Gasteiger partial charge in [0, 0.05) is 17.3 Å². The second-order valence-corrected chi connectivity index (χ2v) is 9.46. The molecule has 8 nitrogen and oxygen atoms in total. The summed E-state index contributed by atoms with van der Waals surface area (Å²) in [5.41, 5.74) is -1.26. The van der Waals surface area contributed by atoms with Crippen molar-refractivity contribution in [1.82, 2.24) is 9.78 Å². The number of rotatable bonds is 1. The van der Waals surface area contributed by atoms with Crippen molar-refractivity contribution in [2.24, 2.45) is 0 Å². The largest absolute Gasteiger partial charge is 0.505 e. The van der Waals surface area contributed by atoms with E-state index in [9.17, 15) is 31.5 Å². The standard InChI is InChI=1S/C18H10BrClF3N3O5S/c19-10-1-7-2-15(16(10)27)32(29,30)25-13-3-8(12(21)4-11(13)20)9-5-26(18(22)23)24-14(9)6-31-17(7)28/h1-5,18,25,27H,6H2. The van der Waals surface area contributed by atoms with E-state index in [1.807, 2.05) is 0 Å². The summed E-state index contributed by atoms with van der Waals surface area (Å²) in [7, 11) is -4.54. The highest BCUT2D eigenvalue weighted by Gasteiger charge is 2.27. The maximum atomic E-state index is 14.7. The van der Waals surface area contributed by atoms with E-state index >= 15 is 0 Å². The highest BCUT2D eigenvalue weighted by Crippen LogP contribution is 2.38. The second-order valence-electron chi connectivity index (χ2n) is 6.55. The molecule has 0 aliphatic carbocycles. The number of nitrogens with one attached hydrogen (secondary N) is 1. The summed E-state index contributed by atoms with van der Waals surface area (Å²) in [6.45, 7) is -3.69. The van der Waals surface area contributed by atoms with Crippen LogP contribution in [0, 0.1) is 5.82 Å². The van der Waals surface area contributed by atoms with Gasteiger partial charge in [-0.25, -0.2) is 22.3 Å². The van der Waals surface area contributed by atoms with Crippen LogP contribution < -0.4 is 4.72 Å². The molecule has 0 radical (unpaired) electrons. The highest BCUT2D eigenvalue weighted by molar-refractivity contribution is 9.10. The molecule has 32 heavy (non-hydrogen) atoms. The normalized spacial score (nSPS) is 15.1. The average Bonchev–Trinajstić information content (AvgIpc) is 3.13. The number of nitrogens with zero attached hydrogens (tertiary/aromatic N) is 2. The first-order valence-electron chi connectivity index (χ1n) is 8.56. The van der Waals surface area contributed by atoms with Crippen molar-refractivity contribution < 1.29 is 36.2 Å². The van der Waals surface area contributed by atoms with E-state index in [0.29, 0.717) is 0 Å². The fourth-order valence-electron chi connectivity index (χ4n) is 3.01. The number of hydrogen-bond donors (Lipinski definition) is 2. The Morgan fingerprint density at radius 2 is 1.97 bits per heavy atom. The molecule has 0 atom stereocenters. The van der Waals surface area contributed by atoms with Gasteiger partial charge in [-0.3, -0.25) is 4.72 Å². The molecule has 2 N–H and O–H groups in total. The van der Waals surface area contributed by atoms with E-state index in [1.54, 1.807) is 0 Å². The average molecular weight is 553 g/mol. The Morgan fingerprint density at radius 1 is 1.25 bits per heavy atom. The van der Waals surface area contributed by atoms with Crippen LogP contribution >= 0.6 is 27.5 Å². The molecule has 4 bridgehead atoms. The van der Waals surface area contributed by atoms with E-state index in [2.05, 4.69) is 25.8 Å². The number of anilines is 1. The Balaban J connectivity index is 2.00. The number of fused-ring (bicyclic) bond motifs is 6. The zero-order chi connectivity index (χ0) is 23.4. The number of esters is 1. The minimum absolute atomic E-state index is 0.129.